The third kappa shape index (κ3) is 2.64. The van der Waals surface area contributed by atoms with Crippen LogP contribution in [0.15, 0.2) is 54.6 Å². The summed E-state index contributed by atoms with van der Waals surface area (Å²) in [5.41, 5.74) is 13.6. The zero-order valence-electron chi connectivity index (χ0n) is 26.4. The van der Waals surface area contributed by atoms with Gasteiger partial charge < -0.3 is 4.40 Å². The number of benzene rings is 4. The number of hydrogen-bond donors (Lipinski definition) is 0. The Morgan fingerprint density at radius 2 is 1.11 bits per heavy atom. The number of carbonyl (C=O) groups excluding carboxylic acids is 2. The van der Waals surface area contributed by atoms with E-state index in [9.17, 15) is 9.59 Å². The van der Waals surface area contributed by atoms with Crippen LogP contribution in [0.25, 0.3) is 49.2 Å². The van der Waals surface area contributed by atoms with Gasteiger partial charge >= 0.3 is 0 Å². The van der Waals surface area contributed by atoms with E-state index in [4.69, 9.17) is 0 Å². The van der Waals surface area contributed by atoms with E-state index in [1.165, 1.54) is 112 Å². The highest BCUT2D eigenvalue weighted by Gasteiger charge is 2.50. The van der Waals surface area contributed by atoms with Crippen molar-refractivity contribution in [2.24, 2.45) is 10.8 Å². The van der Waals surface area contributed by atoms with Crippen LogP contribution >= 0.6 is 0 Å². The van der Waals surface area contributed by atoms with Crippen LogP contribution in [0.4, 0.5) is 0 Å². The molecule has 46 heavy (non-hydrogen) atoms. The third-order valence-electron chi connectivity index (χ3n) is 14.3. The fraction of sp³-hybridized carbons (Fsp3) is 0.395. The standard InChI is InChI=1S/C43H37NO2/c45-39-27-20-34-29(17-24(27)22-41(39)11-3-4-12-41)31-19-30-26-9-1-2-10-33(26)43(15-7-8-16-43)37(30)36-32-18-25-23-42(13-5-6-14-42)40(46)28(25)21-35(32)44(34)38(31)36/h1-2,9-10,17-21H,3-8,11-16,22-23H2. The van der Waals surface area contributed by atoms with Gasteiger partial charge in [0.2, 0.25) is 0 Å². The summed E-state index contributed by atoms with van der Waals surface area (Å²) in [6, 6.07) is 21.1. The highest BCUT2D eigenvalue weighted by atomic mass is 16.1. The average Bonchev–Trinajstić information content (AvgIpc) is 3.94. The van der Waals surface area contributed by atoms with Gasteiger partial charge in [0.1, 0.15) is 0 Å². The van der Waals surface area contributed by atoms with Gasteiger partial charge in [-0.25, -0.2) is 0 Å². The van der Waals surface area contributed by atoms with E-state index >= 15 is 0 Å². The molecule has 6 aromatic rings. The summed E-state index contributed by atoms with van der Waals surface area (Å²) in [6.07, 6.45) is 15.5. The Morgan fingerprint density at radius 3 is 1.76 bits per heavy atom. The summed E-state index contributed by atoms with van der Waals surface area (Å²) in [6.45, 7) is 0. The van der Waals surface area contributed by atoms with Crippen molar-refractivity contribution < 1.29 is 9.59 Å². The molecule has 6 aliphatic rings. The fourth-order valence-electron chi connectivity index (χ4n) is 12.4. The molecule has 12 rings (SSSR count). The van der Waals surface area contributed by atoms with Crippen molar-refractivity contribution in [1.82, 2.24) is 4.40 Å². The lowest BCUT2D eigenvalue weighted by Crippen LogP contribution is -2.23. The van der Waals surface area contributed by atoms with Gasteiger partial charge in [-0.05, 0) is 115 Å². The Bertz CT molecular complexity index is 2420. The number of carbonyl (C=O) groups is 2. The van der Waals surface area contributed by atoms with Gasteiger partial charge in [0.15, 0.2) is 11.6 Å². The second kappa shape index (κ2) is 7.93. The molecule has 0 radical (unpaired) electrons. The highest BCUT2D eigenvalue weighted by Crippen LogP contribution is 2.62. The predicted molar refractivity (Wildman–Crippen MR) is 184 cm³/mol. The summed E-state index contributed by atoms with van der Waals surface area (Å²) >= 11 is 0. The minimum Gasteiger partial charge on any atom is -0.308 e. The molecule has 3 saturated carbocycles. The van der Waals surface area contributed by atoms with Crippen molar-refractivity contribution in [3.8, 4) is 11.1 Å². The molecule has 0 bridgehead atoms. The molecule has 3 spiro atoms. The Morgan fingerprint density at radius 1 is 0.543 bits per heavy atom. The normalized spacial score (nSPS) is 23.0. The molecule has 0 unspecified atom stereocenters. The number of nitrogens with zero attached hydrogens (tertiary/aromatic N) is 1. The van der Waals surface area contributed by atoms with E-state index in [-0.39, 0.29) is 16.2 Å². The van der Waals surface area contributed by atoms with E-state index in [0.29, 0.717) is 11.6 Å². The lowest BCUT2D eigenvalue weighted by molar-refractivity contribution is 0.0821. The largest absolute Gasteiger partial charge is 0.308 e. The lowest BCUT2D eigenvalue weighted by Gasteiger charge is -2.27. The van der Waals surface area contributed by atoms with E-state index in [1.54, 1.807) is 0 Å². The molecule has 0 atom stereocenters. The van der Waals surface area contributed by atoms with Crippen LogP contribution in [0.2, 0.25) is 0 Å². The minimum atomic E-state index is -0.182. The molecule has 3 fully saturated rings. The smallest absolute Gasteiger partial charge is 0.169 e. The van der Waals surface area contributed by atoms with Crippen molar-refractivity contribution >= 4 is 49.7 Å². The van der Waals surface area contributed by atoms with Gasteiger partial charge in [-0.1, -0.05) is 62.8 Å². The Labute approximate surface area is 268 Å². The quantitative estimate of drug-likeness (QED) is 0.174. The molecule has 4 aromatic carbocycles. The van der Waals surface area contributed by atoms with Gasteiger partial charge in [0.05, 0.1) is 16.6 Å². The molecule has 226 valence electrons. The number of hydrogen-bond acceptors (Lipinski definition) is 2. The topological polar surface area (TPSA) is 38.5 Å². The first-order valence-electron chi connectivity index (χ1n) is 18.1. The zero-order chi connectivity index (χ0) is 30.2. The molecule has 0 saturated heterocycles. The van der Waals surface area contributed by atoms with E-state index < -0.39 is 0 Å². The summed E-state index contributed by atoms with van der Waals surface area (Å²) in [5, 5.41) is 5.32. The van der Waals surface area contributed by atoms with Gasteiger partial charge in [0.25, 0.3) is 0 Å². The Kier molecular flexibility index (Phi) is 4.34. The zero-order valence-corrected chi connectivity index (χ0v) is 26.4. The lowest BCUT2D eigenvalue weighted by atomic mass is 9.75. The molecule has 2 heterocycles. The van der Waals surface area contributed by atoms with Crippen LogP contribution in [-0.4, -0.2) is 16.0 Å². The predicted octanol–water partition coefficient (Wildman–Crippen LogP) is 10.3. The Balaban J connectivity index is 1.25. The maximum absolute atomic E-state index is 14.2. The fourth-order valence-corrected chi connectivity index (χ4v) is 12.4. The molecule has 6 aliphatic carbocycles. The molecule has 2 aromatic heterocycles. The van der Waals surface area contributed by atoms with Crippen molar-refractivity contribution in [3.05, 3.63) is 88.0 Å². The molecule has 3 heteroatoms. The summed E-state index contributed by atoms with van der Waals surface area (Å²) < 4.78 is 2.49. The van der Waals surface area contributed by atoms with Crippen LogP contribution in [0.5, 0.6) is 0 Å². The number of fused-ring (bicyclic) bond motifs is 14. The van der Waals surface area contributed by atoms with Crippen LogP contribution in [0, 0.1) is 10.8 Å². The van der Waals surface area contributed by atoms with Crippen molar-refractivity contribution in [2.45, 2.75) is 95.3 Å². The monoisotopic (exact) mass is 599 g/mol. The van der Waals surface area contributed by atoms with E-state index in [2.05, 4.69) is 59.0 Å². The second-order valence-corrected chi connectivity index (χ2v) is 16.3. The first kappa shape index (κ1) is 25.2. The summed E-state index contributed by atoms with van der Waals surface area (Å²) in [4.78, 5) is 28.3. The molecule has 0 aliphatic heterocycles. The second-order valence-electron chi connectivity index (χ2n) is 16.3. The molecule has 3 nitrogen and oxygen atoms in total. The number of Topliss-reactive ketones (excluding diaryl/α,β-unsaturated/α-hetero) is 2. The molecule has 0 amide bonds. The van der Waals surface area contributed by atoms with Gasteiger partial charge in [-0.2, -0.15) is 0 Å². The molecular weight excluding hydrogens is 562 g/mol. The number of rotatable bonds is 0. The summed E-state index contributed by atoms with van der Waals surface area (Å²) in [5.74, 6) is 0.766. The SMILES string of the molecule is O=C1c2cc3c(cc2CC12CCCC2)c1cc2c(c4c5cc6c(cc5n3c14)C(=O)C1(CCCC1)C6)C1(CCCC1)c1ccccc1-2. The van der Waals surface area contributed by atoms with Crippen LogP contribution in [0.3, 0.4) is 0 Å². The van der Waals surface area contributed by atoms with Gasteiger partial charge in [-0.15, -0.1) is 0 Å². The van der Waals surface area contributed by atoms with E-state index in [0.717, 1.165) is 60.7 Å². The maximum atomic E-state index is 14.2. The maximum Gasteiger partial charge on any atom is 0.169 e. The average molecular weight is 600 g/mol. The van der Waals surface area contributed by atoms with Crippen LogP contribution in [0.1, 0.15) is 120 Å². The number of aromatic nitrogens is 1. The summed E-state index contributed by atoms with van der Waals surface area (Å²) in [7, 11) is 0. The Hall–Kier alpha value is -3.98. The molecular formula is C43H37NO2. The van der Waals surface area contributed by atoms with Crippen LogP contribution < -0.4 is 0 Å². The van der Waals surface area contributed by atoms with Crippen molar-refractivity contribution in [3.63, 3.8) is 0 Å². The van der Waals surface area contributed by atoms with Crippen molar-refractivity contribution in [2.75, 3.05) is 0 Å². The minimum absolute atomic E-state index is 0.0480. The number of ketones is 2. The first-order valence-corrected chi connectivity index (χ1v) is 18.1. The van der Waals surface area contributed by atoms with E-state index in [1.807, 2.05) is 0 Å². The third-order valence-corrected chi connectivity index (χ3v) is 14.3. The van der Waals surface area contributed by atoms with Crippen LogP contribution in [-0.2, 0) is 18.3 Å². The first-order chi connectivity index (χ1) is 22.5. The molecule has 0 N–H and O–H groups in total. The highest BCUT2D eigenvalue weighted by molar-refractivity contribution is 6.28. The van der Waals surface area contributed by atoms with Gasteiger partial charge in [-0.3, -0.25) is 9.59 Å². The van der Waals surface area contributed by atoms with Crippen molar-refractivity contribution in [1.29, 1.82) is 0 Å². The van der Waals surface area contributed by atoms with Gasteiger partial charge in [0, 0.05) is 48.9 Å².